The highest BCUT2D eigenvalue weighted by Gasteiger charge is 2.10. The van der Waals surface area contributed by atoms with Crippen LogP contribution in [-0.2, 0) is 6.42 Å². The van der Waals surface area contributed by atoms with E-state index in [1.54, 1.807) is 12.1 Å². The van der Waals surface area contributed by atoms with Crippen LogP contribution in [0.15, 0.2) is 48.5 Å². The predicted molar refractivity (Wildman–Crippen MR) is 117 cm³/mol. The minimum atomic E-state index is -1.40. The Morgan fingerprint density at radius 2 is 1.04 bits per heavy atom. The minimum Gasteiger partial charge on any atom is -0.423 e. The second-order valence-corrected chi connectivity index (χ2v) is 7.62. The van der Waals surface area contributed by atoms with Gasteiger partial charge in [0.25, 0.3) is 0 Å². The Balaban J connectivity index is 1.63. The van der Waals surface area contributed by atoms with Crippen molar-refractivity contribution >= 4 is 12.6 Å². The second-order valence-electron chi connectivity index (χ2n) is 7.62. The van der Waals surface area contributed by atoms with E-state index in [-0.39, 0.29) is 0 Å². The van der Waals surface area contributed by atoms with Gasteiger partial charge >= 0.3 is 7.12 Å². The summed E-state index contributed by atoms with van der Waals surface area (Å²) in [4.78, 5) is 0. The Morgan fingerprint density at radius 3 is 1.52 bits per heavy atom. The summed E-state index contributed by atoms with van der Waals surface area (Å²) in [6.07, 6.45) is 14.9. The van der Waals surface area contributed by atoms with Crippen LogP contribution >= 0.6 is 0 Å². The van der Waals surface area contributed by atoms with Crippen molar-refractivity contribution in [2.75, 3.05) is 0 Å². The van der Waals surface area contributed by atoms with Crippen LogP contribution in [0.2, 0.25) is 0 Å². The van der Waals surface area contributed by atoms with E-state index in [0.29, 0.717) is 5.46 Å². The fourth-order valence-corrected chi connectivity index (χ4v) is 3.53. The quantitative estimate of drug-likeness (QED) is 0.363. The van der Waals surface area contributed by atoms with E-state index < -0.39 is 7.12 Å². The van der Waals surface area contributed by atoms with Crippen LogP contribution in [0.3, 0.4) is 0 Å². The van der Waals surface area contributed by atoms with Gasteiger partial charge in [-0.15, -0.1) is 0 Å². The average Bonchev–Trinajstić information content (AvgIpc) is 2.70. The van der Waals surface area contributed by atoms with E-state index in [1.165, 1.54) is 75.3 Å². The molecule has 2 nitrogen and oxygen atoms in total. The summed E-state index contributed by atoms with van der Waals surface area (Å²) in [5.74, 6) is 0. The maximum Gasteiger partial charge on any atom is 0.488 e. The molecule has 0 saturated heterocycles. The third-order valence-corrected chi connectivity index (χ3v) is 5.32. The molecule has 0 aliphatic rings. The van der Waals surface area contributed by atoms with Crippen molar-refractivity contribution in [2.24, 2.45) is 0 Å². The van der Waals surface area contributed by atoms with E-state index in [2.05, 4.69) is 31.2 Å². The lowest BCUT2D eigenvalue weighted by Crippen LogP contribution is -2.29. The van der Waals surface area contributed by atoms with Gasteiger partial charge in [-0.2, -0.15) is 0 Å². The SMILES string of the molecule is CCCCCCCCCCCCc1ccc(-c2ccc(B(O)O)cc2)cc1. The van der Waals surface area contributed by atoms with Crippen LogP contribution in [0, 0.1) is 0 Å². The molecule has 0 fully saturated rings. The lowest BCUT2D eigenvalue weighted by molar-refractivity contribution is 0.426. The Morgan fingerprint density at radius 1 is 0.593 bits per heavy atom. The molecule has 0 amide bonds. The van der Waals surface area contributed by atoms with E-state index in [4.69, 9.17) is 0 Å². The molecule has 3 heteroatoms. The molecule has 0 bridgehead atoms. The molecule has 0 aromatic heterocycles. The standard InChI is InChI=1S/C24H35BO2/c1-2-3-4-5-6-7-8-9-10-11-12-21-13-15-22(16-14-21)23-17-19-24(20-18-23)25(26)27/h13-20,26-27H,2-12H2,1H3. The maximum atomic E-state index is 9.17. The van der Waals surface area contributed by atoms with E-state index in [1.807, 2.05) is 12.1 Å². The molecule has 0 spiro atoms. The zero-order valence-corrected chi connectivity index (χ0v) is 16.9. The normalized spacial score (nSPS) is 10.9. The van der Waals surface area contributed by atoms with Crippen molar-refractivity contribution in [1.82, 2.24) is 0 Å². The summed E-state index contributed by atoms with van der Waals surface area (Å²) >= 11 is 0. The molecule has 0 saturated carbocycles. The molecule has 0 heterocycles. The molecule has 2 aromatic rings. The van der Waals surface area contributed by atoms with Gasteiger partial charge in [-0.05, 0) is 35.0 Å². The Labute approximate surface area is 165 Å². The molecule has 2 aromatic carbocycles. The summed E-state index contributed by atoms with van der Waals surface area (Å²) in [5.41, 5.74) is 4.20. The minimum absolute atomic E-state index is 0.524. The molecule has 146 valence electrons. The third kappa shape index (κ3) is 8.32. The zero-order chi connectivity index (χ0) is 19.3. The Kier molecular flexibility index (Phi) is 10.3. The van der Waals surface area contributed by atoms with Crippen LogP contribution in [0.4, 0.5) is 0 Å². The highest BCUT2D eigenvalue weighted by molar-refractivity contribution is 6.58. The van der Waals surface area contributed by atoms with E-state index >= 15 is 0 Å². The summed E-state index contributed by atoms with van der Waals surface area (Å²) in [6, 6.07) is 16.2. The lowest BCUT2D eigenvalue weighted by atomic mass is 9.80. The van der Waals surface area contributed by atoms with Gasteiger partial charge in [-0.3, -0.25) is 0 Å². The first-order valence-electron chi connectivity index (χ1n) is 10.8. The lowest BCUT2D eigenvalue weighted by Gasteiger charge is -2.06. The van der Waals surface area contributed by atoms with Crippen molar-refractivity contribution < 1.29 is 10.0 Å². The summed E-state index contributed by atoms with van der Waals surface area (Å²) in [7, 11) is -1.40. The summed E-state index contributed by atoms with van der Waals surface area (Å²) in [5, 5.41) is 18.3. The van der Waals surface area contributed by atoms with Gasteiger partial charge in [-0.1, -0.05) is 113 Å². The van der Waals surface area contributed by atoms with Crippen molar-refractivity contribution in [3.8, 4) is 11.1 Å². The molecule has 0 aliphatic carbocycles. The van der Waals surface area contributed by atoms with Gasteiger partial charge in [0, 0.05) is 0 Å². The largest absolute Gasteiger partial charge is 0.488 e. The van der Waals surface area contributed by atoms with Crippen molar-refractivity contribution in [3.05, 3.63) is 54.1 Å². The third-order valence-electron chi connectivity index (χ3n) is 5.32. The first-order chi connectivity index (χ1) is 13.2. The Bertz CT molecular complexity index is 620. The van der Waals surface area contributed by atoms with Gasteiger partial charge < -0.3 is 10.0 Å². The highest BCUT2D eigenvalue weighted by Crippen LogP contribution is 2.20. The molecular formula is C24H35BO2. The monoisotopic (exact) mass is 366 g/mol. The van der Waals surface area contributed by atoms with Gasteiger partial charge in [0.2, 0.25) is 0 Å². The predicted octanol–water partition coefficient (Wildman–Crippen LogP) is 5.50. The van der Waals surface area contributed by atoms with Gasteiger partial charge in [0.15, 0.2) is 0 Å². The van der Waals surface area contributed by atoms with E-state index in [0.717, 1.165) is 12.0 Å². The summed E-state index contributed by atoms with van der Waals surface area (Å²) in [6.45, 7) is 2.27. The molecular weight excluding hydrogens is 331 g/mol. The average molecular weight is 366 g/mol. The van der Waals surface area contributed by atoms with Crippen LogP contribution in [0.25, 0.3) is 11.1 Å². The topological polar surface area (TPSA) is 40.5 Å². The number of hydrogen-bond donors (Lipinski definition) is 2. The first-order valence-corrected chi connectivity index (χ1v) is 10.8. The fourth-order valence-electron chi connectivity index (χ4n) is 3.53. The summed E-state index contributed by atoms with van der Waals surface area (Å²) < 4.78 is 0. The van der Waals surface area contributed by atoms with Crippen molar-refractivity contribution in [1.29, 1.82) is 0 Å². The number of unbranched alkanes of at least 4 members (excludes halogenated alkanes) is 9. The molecule has 2 N–H and O–H groups in total. The number of aryl methyl sites for hydroxylation is 1. The maximum absolute atomic E-state index is 9.17. The molecule has 27 heavy (non-hydrogen) atoms. The fraction of sp³-hybridized carbons (Fsp3) is 0.500. The Hall–Kier alpha value is -1.58. The van der Waals surface area contributed by atoms with Crippen molar-refractivity contribution in [3.63, 3.8) is 0 Å². The second kappa shape index (κ2) is 12.7. The zero-order valence-electron chi connectivity index (χ0n) is 16.9. The number of benzene rings is 2. The molecule has 2 rings (SSSR count). The molecule has 0 atom stereocenters. The van der Waals surface area contributed by atoms with Crippen molar-refractivity contribution in [2.45, 2.75) is 77.6 Å². The first kappa shape index (κ1) is 21.7. The van der Waals surface area contributed by atoms with Crippen LogP contribution < -0.4 is 5.46 Å². The van der Waals surface area contributed by atoms with Crippen LogP contribution in [0.5, 0.6) is 0 Å². The molecule has 0 aliphatic heterocycles. The number of rotatable bonds is 13. The van der Waals surface area contributed by atoms with Crippen LogP contribution in [-0.4, -0.2) is 17.2 Å². The van der Waals surface area contributed by atoms with Gasteiger partial charge in [0.1, 0.15) is 0 Å². The van der Waals surface area contributed by atoms with E-state index in [9.17, 15) is 10.0 Å². The molecule has 0 radical (unpaired) electrons. The molecule has 0 unspecified atom stereocenters. The highest BCUT2D eigenvalue weighted by atomic mass is 16.4. The van der Waals surface area contributed by atoms with Crippen LogP contribution in [0.1, 0.15) is 76.7 Å². The van der Waals surface area contributed by atoms with Gasteiger partial charge in [-0.25, -0.2) is 0 Å². The number of hydrogen-bond acceptors (Lipinski definition) is 2. The van der Waals surface area contributed by atoms with Gasteiger partial charge in [0.05, 0.1) is 0 Å². The smallest absolute Gasteiger partial charge is 0.423 e.